The van der Waals surface area contributed by atoms with Crippen LogP contribution in [-0.2, 0) is 4.79 Å². The van der Waals surface area contributed by atoms with Gasteiger partial charge >= 0.3 is 0 Å². The normalized spacial score (nSPS) is 17.5. The van der Waals surface area contributed by atoms with Crippen molar-refractivity contribution in [1.29, 1.82) is 0 Å². The Morgan fingerprint density at radius 2 is 2.36 bits per heavy atom. The number of rotatable bonds is 4. The third-order valence-electron chi connectivity index (χ3n) is 1.77. The van der Waals surface area contributed by atoms with Gasteiger partial charge in [-0.15, -0.1) is 0 Å². The maximum atomic E-state index is 11.0. The van der Waals surface area contributed by atoms with E-state index in [4.69, 9.17) is 5.11 Å². The second kappa shape index (κ2) is 4.31. The smallest absolute Gasteiger partial charge is 0.220 e. The van der Waals surface area contributed by atoms with Crippen molar-refractivity contribution >= 4 is 5.91 Å². The molecule has 64 valence electrons. The van der Waals surface area contributed by atoms with Crippen molar-refractivity contribution < 1.29 is 9.90 Å². The Morgan fingerprint density at radius 1 is 1.64 bits per heavy atom. The van der Waals surface area contributed by atoms with Crippen molar-refractivity contribution in [3.05, 3.63) is 0 Å². The summed E-state index contributed by atoms with van der Waals surface area (Å²) in [5.74, 6) is 0.555. The van der Waals surface area contributed by atoms with Crippen LogP contribution in [0.25, 0.3) is 0 Å². The van der Waals surface area contributed by atoms with Crippen molar-refractivity contribution in [2.45, 2.75) is 6.42 Å². The van der Waals surface area contributed by atoms with Gasteiger partial charge in [0.1, 0.15) is 0 Å². The monoisotopic (exact) mass is 158 g/mol. The van der Waals surface area contributed by atoms with Crippen LogP contribution in [-0.4, -0.2) is 37.3 Å². The zero-order chi connectivity index (χ0) is 8.10. The standard InChI is InChI=1S/C7H14N2O2/c10-2-1-9-7(11)3-6-4-8-5-6/h6,8,10H,1-5H2,(H,9,11). The van der Waals surface area contributed by atoms with Crippen LogP contribution in [0.2, 0.25) is 0 Å². The van der Waals surface area contributed by atoms with Crippen molar-refractivity contribution in [3.63, 3.8) is 0 Å². The topological polar surface area (TPSA) is 61.4 Å². The molecule has 0 aromatic heterocycles. The highest BCUT2D eigenvalue weighted by Gasteiger charge is 2.19. The third kappa shape index (κ3) is 2.86. The van der Waals surface area contributed by atoms with E-state index < -0.39 is 0 Å². The molecule has 0 atom stereocenters. The van der Waals surface area contributed by atoms with Crippen molar-refractivity contribution in [2.24, 2.45) is 5.92 Å². The third-order valence-corrected chi connectivity index (χ3v) is 1.77. The predicted octanol–water partition coefficient (Wildman–Crippen LogP) is -1.30. The maximum absolute atomic E-state index is 11.0. The van der Waals surface area contributed by atoms with Gasteiger partial charge in [-0.2, -0.15) is 0 Å². The first kappa shape index (κ1) is 8.49. The van der Waals surface area contributed by atoms with E-state index >= 15 is 0 Å². The highest BCUT2D eigenvalue weighted by atomic mass is 16.3. The first-order valence-electron chi connectivity index (χ1n) is 3.91. The lowest BCUT2D eigenvalue weighted by Crippen LogP contribution is -2.44. The van der Waals surface area contributed by atoms with Crippen molar-refractivity contribution in [3.8, 4) is 0 Å². The second-order valence-electron chi connectivity index (χ2n) is 2.80. The summed E-state index contributed by atoms with van der Waals surface area (Å²) in [6.45, 7) is 2.30. The zero-order valence-electron chi connectivity index (χ0n) is 6.47. The van der Waals surface area contributed by atoms with Crippen molar-refractivity contribution in [1.82, 2.24) is 10.6 Å². The summed E-state index contributed by atoms with van der Waals surface area (Å²) in [5.41, 5.74) is 0. The summed E-state index contributed by atoms with van der Waals surface area (Å²) in [5, 5.41) is 14.1. The molecule has 0 radical (unpaired) electrons. The minimum atomic E-state index is 0.0225. The van der Waals surface area contributed by atoms with Crippen LogP contribution in [0, 0.1) is 5.92 Å². The first-order valence-corrected chi connectivity index (χ1v) is 3.91. The Bertz CT molecular complexity index is 134. The van der Waals surface area contributed by atoms with Gasteiger partial charge in [0.25, 0.3) is 0 Å². The van der Waals surface area contributed by atoms with Crippen LogP contribution in [0.5, 0.6) is 0 Å². The molecule has 1 rings (SSSR count). The Morgan fingerprint density at radius 3 is 2.82 bits per heavy atom. The summed E-state index contributed by atoms with van der Waals surface area (Å²) >= 11 is 0. The molecule has 0 aromatic carbocycles. The molecular weight excluding hydrogens is 144 g/mol. The molecule has 1 saturated heterocycles. The van der Waals surface area contributed by atoms with Crippen LogP contribution in [0.4, 0.5) is 0 Å². The van der Waals surface area contributed by atoms with Crippen LogP contribution in [0.1, 0.15) is 6.42 Å². The van der Waals surface area contributed by atoms with Gasteiger partial charge in [0, 0.05) is 13.0 Å². The van der Waals surface area contributed by atoms with Gasteiger partial charge in [-0.25, -0.2) is 0 Å². The molecule has 4 heteroatoms. The van der Waals surface area contributed by atoms with Gasteiger partial charge in [-0.05, 0) is 19.0 Å². The molecule has 0 bridgehead atoms. The van der Waals surface area contributed by atoms with Crippen LogP contribution in [0.3, 0.4) is 0 Å². The fourth-order valence-electron chi connectivity index (χ4n) is 1.02. The van der Waals surface area contributed by atoms with Gasteiger partial charge in [0.05, 0.1) is 6.61 Å². The Labute approximate surface area is 66.0 Å². The summed E-state index contributed by atoms with van der Waals surface area (Å²) in [4.78, 5) is 11.0. The van der Waals surface area contributed by atoms with E-state index in [0.29, 0.717) is 18.9 Å². The molecule has 3 N–H and O–H groups in total. The molecule has 1 heterocycles. The quantitative estimate of drug-likeness (QED) is 0.477. The SMILES string of the molecule is O=C(CC1CNC1)NCCO. The lowest BCUT2D eigenvalue weighted by molar-refractivity contribution is -0.122. The minimum Gasteiger partial charge on any atom is -0.395 e. The average molecular weight is 158 g/mol. The number of nitrogens with one attached hydrogen (secondary N) is 2. The summed E-state index contributed by atoms with van der Waals surface area (Å²) < 4.78 is 0. The van der Waals surface area contributed by atoms with E-state index in [1.54, 1.807) is 0 Å². The van der Waals surface area contributed by atoms with Gasteiger partial charge < -0.3 is 15.7 Å². The van der Waals surface area contributed by atoms with Gasteiger partial charge in [0.2, 0.25) is 5.91 Å². The first-order chi connectivity index (χ1) is 5.33. The summed E-state index contributed by atoms with van der Waals surface area (Å²) in [6.07, 6.45) is 0.590. The fraction of sp³-hybridized carbons (Fsp3) is 0.857. The molecule has 0 saturated carbocycles. The van der Waals surface area contributed by atoms with E-state index in [-0.39, 0.29) is 12.5 Å². The molecule has 1 fully saturated rings. The number of hydrogen-bond acceptors (Lipinski definition) is 3. The Balaban J connectivity index is 2.00. The average Bonchev–Trinajstić information content (AvgIpc) is 1.93. The van der Waals surface area contributed by atoms with E-state index in [1.807, 2.05) is 0 Å². The number of amides is 1. The summed E-state index contributed by atoms with van der Waals surface area (Å²) in [7, 11) is 0. The van der Waals surface area contributed by atoms with Gasteiger partial charge in [-0.1, -0.05) is 0 Å². The minimum absolute atomic E-state index is 0.0225. The molecule has 1 aliphatic heterocycles. The lowest BCUT2D eigenvalue weighted by atomic mass is 9.99. The lowest BCUT2D eigenvalue weighted by Gasteiger charge is -2.26. The highest BCUT2D eigenvalue weighted by Crippen LogP contribution is 2.06. The van der Waals surface area contributed by atoms with Crippen molar-refractivity contribution in [2.75, 3.05) is 26.2 Å². The number of aliphatic hydroxyl groups excluding tert-OH is 1. The van der Waals surface area contributed by atoms with Gasteiger partial charge in [-0.3, -0.25) is 4.79 Å². The second-order valence-corrected chi connectivity index (χ2v) is 2.80. The molecule has 0 unspecified atom stereocenters. The molecule has 0 aromatic rings. The molecule has 0 spiro atoms. The molecule has 11 heavy (non-hydrogen) atoms. The largest absolute Gasteiger partial charge is 0.395 e. The molecule has 1 amide bonds. The maximum Gasteiger partial charge on any atom is 0.220 e. The van der Waals surface area contributed by atoms with Crippen LogP contribution >= 0.6 is 0 Å². The molecular formula is C7H14N2O2. The van der Waals surface area contributed by atoms with Crippen LogP contribution < -0.4 is 10.6 Å². The fourth-order valence-corrected chi connectivity index (χ4v) is 1.02. The molecule has 0 aliphatic carbocycles. The van der Waals surface area contributed by atoms with E-state index in [0.717, 1.165) is 13.1 Å². The predicted molar refractivity (Wildman–Crippen MR) is 41.1 cm³/mol. The highest BCUT2D eigenvalue weighted by molar-refractivity contribution is 5.76. The van der Waals surface area contributed by atoms with E-state index in [2.05, 4.69) is 10.6 Å². The molecule has 1 aliphatic rings. The number of aliphatic hydroxyl groups is 1. The number of carbonyl (C=O) groups excluding carboxylic acids is 1. The summed E-state index contributed by atoms with van der Waals surface area (Å²) in [6, 6.07) is 0. The van der Waals surface area contributed by atoms with E-state index in [1.165, 1.54) is 0 Å². The number of carbonyl (C=O) groups is 1. The Kier molecular flexibility index (Phi) is 3.32. The zero-order valence-corrected chi connectivity index (χ0v) is 6.47. The van der Waals surface area contributed by atoms with E-state index in [9.17, 15) is 4.79 Å². The number of hydrogen-bond donors (Lipinski definition) is 3. The van der Waals surface area contributed by atoms with Crippen LogP contribution in [0.15, 0.2) is 0 Å². The Hall–Kier alpha value is -0.610. The van der Waals surface area contributed by atoms with Gasteiger partial charge in [0.15, 0.2) is 0 Å². The molecule has 4 nitrogen and oxygen atoms in total.